The number of fused-ring (bicyclic) bond motifs is 3. The Labute approximate surface area is 137 Å². The van der Waals surface area contributed by atoms with Crippen LogP contribution < -0.4 is 16.0 Å². The lowest BCUT2D eigenvalue weighted by molar-refractivity contribution is -0.152. The molecule has 0 aliphatic carbocycles. The van der Waals surface area contributed by atoms with E-state index in [2.05, 4.69) is 4.98 Å². The predicted molar refractivity (Wildman–Crippen MR) is 86.7 cm³/mol. The molecule has 2 unspecified atom stereocenters. The maximum atomic E-state index is 12.6. The van der Waals surface area contributed by atoms with Crippen molar-refractivity contribution in [1.82, 2.24) is 4.98 Å². The third-order valence-electron chi connectivity index (χ3n) is 4.30. The smallest absolute Gasteiger partial charge is 0.315 e. The first-order valence-electron chi connectivity index (χ1n) is 7.73. The highest BCUT2D eigenvalue weighted by Crippen LogP contribution is 2.41. The molecule has 1 aliphatic rings. The van der Waals surface area contributed by atoms with Gasteiger partial charge in [-0.25, -0.2) is 0 Å². The normalized spacial score (nSPS) is 19.7. The molecule has 2 heterocycles. The fourth-order valence-electron chi connectivity index (χ4n) is 3.17. The number of para-hydroxylation sites is 1. The number of nitrogens with two attached hydrogens (primary N) is 1. The zero-order valence-corrected chi connectivity index (χ0v) is 13.2. The van der Waals surface area contributed by atoms with Crippen LogP contribution in [0, 0.1) is 5.92 Å². The molecule has 7 nitrogen and oxygen atoms in total. The van der Waals surface area contributed by atoms with Gasteiger partial charge in [0.2, 0.25) is 0 Å². The Bertz CT molecular complexity index is 858. The molecule has 1 aromatic carbocycles. The van der Waals surface area contributed by atoms with E-state index in [0.29, 0.717) is 30.3 Å². The summed E-state index contributed by atoms with van der Waals surface area (Å²) in [6, 6.07) is 6.96. The second kappa shape index (κ2) is 6.45. The minimum atomic E-state index is -0.994. The zero-order valence-electron chi connectivity index (χ0n) is 13.2. The first-order valence-corrected chi connectivity index (χ1v) is 7.73. The van der Waals surface area contributed by atoms with Gasteiger partial charge in [0.25, 0.3) is 5.56 Å². The van der Waals surface area contributed by atoms with Crippen LogP contribution in [0.15, 0.2) is 29.1 Å². The van der Waals surface area contributed by atoms with Crippen molar-refractivity contribution in [2.24, 2.45) is 11.7 Å². The lowest BCUT2D eigenvalue weighted by Gasteiger charge is -2.30. The summed E-state index contributed by atoms with van der Waals surface area (Å²) < 4.78 is 10.3. The Balaban J connectivity index is 2.24. The Kier molecular flexibility index (Phi) is 4.35. The Morgan fingerprint density at radius 2 is 2.08 bits per heavy atom. The molecule has 24 heavy (non-hydrogen) atoms. The number of H-pyrrole nitrogens is 1. The van der Waals surface area contributed by atoms with Gasteiger partial charge in [0.1, 0.15) is 11.7 Å². The summed E-state index contributed by atoms with van der Waals surface area (Å²) in [6.07, 6.45) is 0.884. The third-order valence-corrected chi connectivity index (χ3v) is 4.30. The van der Waals surface area contributed by atoms with E-state index in [1.54, 1.807) is 24.3 Å². The van der Waals surface area contributed by atoms with Crippen molar-refractivity contribution in [2.75, 3.05) is 13.7 Å². The maximum absolute atomic E-state index is 12.6. The zero-order chi connectivity index (χ0) is 17.3. The van der Waals surface area contributed by atoms with Gasteiger partial charge in [0.15, 0.2) is 0 Å². The van der Waals surface area contributed by atoms with Crippen LogP contribution in [0.25, 0.3) is 10.9 Å². The number of rotatable bonds is 4. The maximum Gasteiger partial charge on any atom is 0.315 e. The van der Waals surface area contributed by atoms with Gasteiger partial charge in [-0.05, 0) is 31.5 Å². The molecule has 0 spiro atoms. The minimum Gasteiger partial charge on any atom is -0.469 e. The monoisotopic (exact) mass is 330 g/mol. The first-order chi connectivity index (χ1) is 11.6. The molecule has 3 rings (SSSR count). The van der Waals surface area contributed by atoms with E-state index >= 15 is 0 Å². The van der Waals surface area contributed by atoms with Crippen molar-refractivity contribution in [3.8, 4) is 5.75 Å². The average Bonchev–Trinajstić information content (AvgIpc) is 2.59. The molecule has 1 aliphatic heterocycles. The fourth-order valence-corrected chi connectivity index (χ4v) is 3.17. The standard InChI is InChI=1S/C17H18N2O5/c1-23-17(22)12-10(6-4-8-18)16(21)24-14-9-5-2-3-7-11(9)19-15(20)13(12)14/h2-3,5,7,10,12H,4,6,8,18H2,1H3,(H,19,20). The first kappa shape index (κ1) is 16.2. The number of ether oxygens (including phenoxy) is 2. The topological polar surface area (TPSA) is 111 Å². The number of methoxy groups -OCH3 is 1. The van der Waals surface area contributed by atoms with Crippen molar-refractivity contribution < 1.29 is 19.1 Å². The second-order valence-electron chi connectivity index (χ2n) is 5.70. The summed E-state index contributed by atoms with van der Waals surface area (Å²) in [5.74, 6) is -2.81. The van der Waals surface area contributed by atoms with E-state index in [4.69, 9.17) is 15.2 Å². The largest absolute Gasteiger partial charge is 0.469 e. The number of carbonyl (C=O) groups excluding carboxylic acids is 2. The number of benzene rings is 1. The van der Waals surface area contributed by atoms with Gasteiger partial charge < -0.3 is 20.2 Å². The Hall–Kier alpha value is -2.67. The number of carbonyl (C=O) groups is 2. The molecular weight excluding hydrogens is 312 g/mol. The van der Waals surface area contributed by atoms with E-state index in [1.165, 1.54) is 7.11 Å². The van der Waals surface area contributed by atoms with Gasteiger partial charge in [-0.15, -0.1) is 0 Å². The molecule has 2 aromatic rings. The SMILES string of the molecule is COC(=O)C1c2c(c3ccccc3[nH]c2=O)OC(=O)C1CCCN. The Morgan fingerprint density at radius 3 is 2.79 bits per heavy atom. The quantitative estimate of drug-likeness (QED) is 0.811. The van der Waals surface area contributed by atoms with Gasteiger partial charge in [0, 0.05) is 5.39 Å². The van der Waals surface area contributed by atoms with Gasteiger partial charge in [-0.2, -0.15) is 0 Å². The van der Waals surface area contributed by atoms with E-state index in [9.17, 15) is 14.4 Å². The molecule has 126 valence electrons. The van der Waals surface area contributed by atoms with E-state index < -0.39 is 29.3 Å². The molecule has 0 amide bonds. The number of hydrogen-bond donors (Lipinski definition) is 2. The van der Waals surface area contributed by atoms with Crippen LogP contribution in [0.3, 0.4) is 0 Å². The predicted octanol–water partition coefficient (Wildman–Crippen LogP) is 1.06. The summed E-state index contributed by atoms with van der Waals surface area (Å²) in [7, 11) is 1.23. The second-order valence-corrected chi connectivity index (χ2v) is 5.70. The van der Waals surface area contributed by atoms with Gasteiger partial charge >= 0.3 is 11.9 Å². The molecule has 3 N–H and O–H groups in total. The average molecular weight is 330 g/mol. The van der Waals surface area contributed by atoms with Crippen LogP contribution in [0.1, 0.15) is 24.3 Å². The van der Waals surface area contributed by atoms with Gasteiger partial charge in [-0.1, -0.05) is 12.1 Å². The van der Waals surface area contributed by atoms with Crippen molar-refractivity contribution in [3.63, 3.8) is 0 Å². The van der Waals surface area contributed by atoms with Crippen molar-refractivity contribution in [3.05, 3.63) is 40.2 Å². The molecule has 0 fully saturated rings. The van der Waals surface area contributed by atoms with Crippen LogP contribution in [0.2, 0.25) is 0 Å². The lowest BCUT2D eigenvalue weighted by atomic mass is 9.81. The number of pyridine rings is 1. The molecular formula is C17H18N2O5. The third kappa shape index (κ3) is 2.56. The number of hydrogen-bond acceptors (Lipinski definition) is 6. The molecule has 2 atom stereocenters. The number of aromatic amines is 1. The Morgan fingerprint density at radius 1 is 1.33 bits per heavy atom. The van der Waals surface area contributed by atoms with Crippen LogP contribution in [-0.2, 0) is 14.3 Å². The van der Waals surface area contributed by atoms with E-state index in [1.807, 2.05) is 0 Å². The highest BCUT2D eigenvalue weighted by atomic mass is 16.5. The number of aromatic nitrogens is 1. The highest BCUT2D eigenvalue weighted by Gasteiger charge is 2.44. The number of esters is 2. The van der Waals surface area contributed by atoms with Crippen LogP contribution in [-0.4, -0.2) is 30.6 Å². The van der Waals surface area contributed by atoms with Crippen molar-refractivity contribution >= 4 is 22.8 Å². The summed E-state index contributed by atoms with van der Waals surface area (Å²) in [6.45, 7) is 0.374. The molecule has 0 saturated heterocycles. The molecule has 1 aromatic heterocycles. The number of nitrogens with one attached hydrogen (secondary N) is 1. The molecule has 0 radical (unpaired) electrons. The van der Waals surface area contributed by atoms with E-state index in [0.717, 1.165) is 0 Å². The molecule has 7 heteroatoms. The minimum absolute atomic E-state index is 0.138. The van der Waals surface area contributed by atoms with Gasteiger partial charge in [0.05, 0.1) is 24.1 Å². The summed E-state index contributed by atoms with van der Waals surface area (Å²) in [4.78, 5) is 40.1. The molecule has 0 saturated carbocycles. The fraction of sp³-hybridized carbons (Fsp3) is 0.353. The summed E-state index contributed by atoms with van der Waals surface area (Å²) in [5.41, 5.74) is 5.73. The van der Waals surface area contributed by atoms with Crippen molar-refractivity contribution in [2.45, 2.75) is 18.8 Å². The molecule has 0 bridgehead atoms. The van der Waals surface area contributed by atoms with Crippen molar-refractivity contribution in [1.29, 1.82) is 0 Å². The lowest BCUT2D eigenvalue weighted by Crippen LogP contribution is -2.40. The van der Waals surface area contributed by atoms with Gasteiger partial charge in [-0.3, -0.25) is 14.4 Å². The summed E-state index contributed by atoms with van der Waals surface area (Å²) in [5, 5.41) is 0.576. The van der Waals surface area contributed by atoms with E-state index in [-0.39, 0.29) is 11.3 Å². The van der Waals surface area contributed by atoms with Crippen LogP contribution in [0.4, 0.5) is 0 Å². The van der Waals surface area contributed by atoms with Crippen LogP contribution >= 0.6 is 0 Å². The van der Waals surface area contributed by atoms with Crippen LogP contribution in [0.5, 0.6) is 5.75 Å². The summed E-state index contributed by atoms with van der Waals surface area (Å²) >= 11 is 0. The highest BCUT2D eigenvalue weighted by molar-refractivity contribution is 5.96.